The quantitative estimate of drug-likeness (QED) is 0.193. The zero-order chi connectivity index (χ0) is 36.0. The number of imide groups is 2. The molecule has 0 fully saturated rings. The minimum Gasteiger partial charge on any atom is -0.361 e. The molecule has 4 heterocycles. The first-order valence-corrected chi connectivity index (χ1v) is 17.0. The van der Waals surface area contributed by atoms with Gasteiger partial charge in [0.05, 0.1) is 17.1 Å². The Morgan fingerprint density at radius 1 is 0.647 bits per heavy atom. The molecule has 3 aliphatic rings. The third kappa shape index (κ3) is 4.93. The summed E-state index contributed by atoms with van der Waals surface area (Å²) in [7, 11) is 0. The van der Waals surface area contributed by atoms with Crippen LogP contribution in [0.15, 0.2) is 108 Å². The van der Waals surface area contributed by atoms with Crippen LogP contribution in [0.2, 0.25) is 0 Å². The summed E-state index contributed by atoms with van der Waals surface area (Å²) in [6, 6.07) is 23.5. The van der Waals surface area contributed by atoms with Gasteiger partial charge < -0.3 is 4.98 Å². The van der Waals surface area contributed by atoms with Gasteiger partial charge in [-0.3, -0.25) is 24.2 Å². The van der Waals surface area contributed by atoms with E-state index in [-0.39, 0.29) is 33.1 Å². The van der Waals surface area contributed by atoms with Crippen molar-refractivity contribution in [3.8, 4) is 0 Å². The van der Waals surface area contributed by atoms with E-state index in [1.807, 2.05) is 54.7 Å². The Bertz CT molecular complexity index is 2370. The van der Waals surface area contributed by atoms with Crippen molar-refractivity contribution < 1.29 is 19.2 Å². The molecule has 3 aliphatic heterocycles. The number of aromatic nitrogens is 1. The van der Waals surface area contributed by atoms with Crippen LogP contribution in [-0.4, -0.2) is 34.8 Å². The molecular formula is C43H36N4O4. The predicted molar refractivity (Wildman–Crippen MR) is 201 cm³/mol. The van der Waals surface area contributed by atoms with Gasteiger partial charge in [-0.05, 0) is 94.3 Å². The molecule has 8 nitrogen and oxygen atoms in total. The number of hydrogen-bond acceptors (Lipinski definition) is 5. The van der Waals surface area contributed by atoms with Gasteiger partial charge in [-0.1, -0.05) is 65.8 Å². The van der Waals surface area contributed by atoms with Gasteiger partial charge in [0, 0.05) is 56.7 Å². The van der Waals surface area contributed by atoms with Gasteiger partial charge in [-0.15, -0.1) is 0 Å². The lowest BCUT2D eigenvalue weighted by atomic mass is 9.80. The van der Waals surface area contributed by atoms with Crippen molar-refractivity contribution in [2.24, 2.45) is 4.99 Å². The molecule has 0 radical (unpaired) electrons. The number of carbonyl (C=O) groups is 4. The number of aliphatic imine (C=N–C) groups is 1. The average molecular weight is 673 g/mol. The summed E-state index contributed by atoms with van der Waals surface area (Å²) in [6.07, 6.45) is 7.38. The van der Waals surface area contributed by atoms with Crippen LogP contribution < -0.4 is 9.80 Å². The molecular weight excluding hydrogens is 636 g/mol. The van der Waals surface area contributed by atoms with Gasteiger partial charge >= 0.3 is 0 Å². The molecule has 8 heteroatoms. The van der Waals surface area contributed by atoms with E-state index in [4.69, 9.17) is 0 Å². The average Bonchev–Trinajstić information content (AvgIpc) is 3.82. The number of aromatic amines is 1. The fraction of sp³-hybridized carbons (Fsp3) is 0.186. The molecule has 0 spiro atoms. The summed E-state index contributed by atoms with van der Waals surface area (Å²) in [5, 5.41) is 0.669. The lowest BCUT2D eigenvalue weighted by Gasteiger charge is -2.35. The van der Waals surface area contributed by atoms with Crippen molar-refractivity contribution in [2.75, 3.05) is 9.80 Å². The molecule has 1 N–H and O–H groups in total. The smallest absolute Gasteiger partial charge is 0.265 e. The van der Waals surface area contributed by atoms with Crippen LogP contribution in [-0.2, 0) is 10.8 Å². The predicted octanol–water partition coefficient (Wildman–Crippen LogP) is 8.76. The lowest BCUT2D eigenvalue weighted by molar-refractivity contribution is 0.0872. The second-order valence-electron chi connectivity index (χ2n) is 15.2. The van der Waals surface area contributed by atoms with E-state index < -0.39 is 23.6 Å². The van der Waals surface area contributed by atoms with Gasteiger partial charge in [0.1, 0.15) is 0 Å². The van der Waals surface area contributed by atoms with Crippen molar-refractivity contribution in [3.05, 3.63) is 148 Å². The van der Waals surface area contributed by atoms with Crippen molar-refractivity contribution in [1.82, 2.24) is 4.98 Å². The molecule has 4 amide bonds. The Hall–Kier alpha value is -6.15. The number of anilines is 2. The number of hydrogen-bond donors (Lipinski definition) is 1. The van der Waals surface area contributed by atoms with E-state index in [2.05, 4.69) is 57.6 Å². The van der Waals surface area contributed by atoms with Gasteiger partial charge in [0.2, 0.25) is 0 Å². The highest BCUT2D eigenvalue weighted by Gasteiger charge is 2.42. The van der Waals surface area contributed by atoms with Crippen molar-refractivity contribution in [3.63, 3.8) is 0 Å². The highest BCUT2D eigenvalue weighted by molar-refractivity contribution is 6.42. The first-order chi connectivity index (χ1) is 24.3. The van der Waals surface area contributed by atoms with Gasteiger partial charge in [0.15, 0.2) is 0 Å². The largest absolute Gasteiger partial charge is 0.361 e. The number of rotatable bonds is 4. The third-order valence-corrected chi connectivity index (χ3v) is 9.90. The summed E-state index contributed by atoms with van der Waals surface area (Å²) < 4.78 is 0. The van der Waals surface area contributed by atoms with E-state index in [0.29, 0.717) is 22.1 Å². The fourth-order valence-corrected chi connectivity index (χ4v) is 7.30. The first kappa shape index (κ1) is 32.1. The van der Waals surface area contributed by atoms with Crippen molar-refractivity contribution >= 4 is 57.6 Å². The highest BCUT2D eigenvalue weighted by Crippen LogP contribution is 2.43. The molecule has 51 heavy (non-hydrogen) atoms. The number of carbonyl (C=O) groups excluding carboxylic acids is 4. The van der Waals surface area contributed by atoms with E-state index in [1.165, 1.54) is 4.90 Å². The first-order valence-electron chi connectivity index (χ1n) is 17.0. The van der Waals surface area contributed by atoms with Gasteiger partial charge in [-0.2, -0.15) is 0 Å². The Morgan fingerprint density at radius 2 is 1.22 bits per heavy atom. The maximum Gasteiger partial charge on any atom is 0.265 e. The van der Waals surface area contributed by atoms with Crippen LogP contribution in [0.5, 0.6) is 0 Å². The van der Waals surface area contributed by atoms with Crippen LogP contribution in [0.1, 0.15) is 105 Å². The summed E-state index contributed by atoms with van der Waals surface area (Å²) >= 11 is 0. The number of H-pyrrole nitrogens is 1. The van der Waals surface area contributed by atoms with E-state index in [0.717, 1.165) is 38.6 Å². The monoisotopic (exact) mass is 672 g/mol. The van der Waals surface area contributed by atoms with Crippen LogP contribution in [0.25, 0.3) is 16.3 Å². The molecule has 8 rings (SSSR count). The molecule has 5 aromatic rings. The van der Waals surface area contributed by atoms with E-state index >= 15 is 0 Å². The summed E-state index contributed by atoms with van der Waals surface area (Å²) in [4.78, 5) is 67.3. The lowest BCUT2D eigenvalue weighted by Crippen LogP contribution is -2.44. The molecule has 0 aliphatic carbocycles. The normalized spacial score (nSPS) is 16.6. The van der Waals surface area contributed by atoms with Crippen LogP contribution >= 0.6 is 0 Å². The summed E-state index contributed by atoms with van der Waals surface area (Å²) in [5.74, 6) is -2.02. The van der Waals surface area contributed by atoms with Crippen molar-refractivity contribution in [1.29, 1.82) is 0 Å². The second-order valence-corrected chi connectivity index (χ2v) is 15.2. The Labute approximate surface area is 295 Å². The van der Waals surface area contributed by atoms with Gasteiger partial charge in [0.25, 0.3) is 23.6 Å². The molecule has 0 bridgehead atoms. The summed E-state index contributed by atoms with van der Waals surface area (Å²) in [6.45, 7) is 12.4. The van der Waals surface area contributed by atoms with E-state index in [1.54, 1.807) is 42.6 Å². The number of amides is 4. The molecule has 0 unspecified atom stereocenters. The topological polar surface area (TPSA) is 103 Å². The maximum absolute atomic E-state index is 14.4. The standard InChI is InChI=1S/C43H36N4O4/c1-42(2,3)25-13-20-31(43(4,5)6)34(23-25)47-40(50)29-18-16-27-36-28(17-19-30(37(29)36)41(47)51)39(49)46(38(27)48)26-14-11-24(12-15-26)35(32-9-7-21-44-32)33-10-8-22-45-33/h7-23,44H,1-6H3/b35-33+. The minimum absolute atomic E-state index is 0.220. The molecule has 4 aromatic carbocycles. The third-order valence-electron chi connectivity index (χ3n) is 9.90. The SMILES string of the molecule is CC(C)(C)c1ccc(C(C)(C)C)c(N2C(=O)c3ccc4c5c(ccc(c35)C2=O)C(=O)N(c2ccc(/C(=C3/C=CC=N3)c3ccc[nH]3)cc2)C4=O)c1. The number of nitrogens with one attached hydrogen (secondary N) is 1. The Kier molecular flexibility index (Phi) is 7.03. The Balaban J connectivity index is 1.21. The summed E-state index contributed by atoms with van der Waals surface area (Å²) in [5.41, 5.74) is 6.72. The molecule has 0 saturated carbocycles. The zero-order valence-electron chi connectivity index (χ0n) is 29.3. The van der Waals surface area contributed by atoms with Crippen LogP contribution in [0, 0.1) is 0 Å². The molecule has 1 aromatic heterocycles. The fourth-order valence-electron chi connectivity index (χ4n) is 7.30. The zero-order valence-corrected chi connectivity index (χ0v) is 29.3. The number of nitrogens with zero attached hydrogens (tertiary/aromatic N) is 3. The van der Waals surface area contributed by atoms with E-state index in [9.17, 15) is 19.2 Å². The maximum atomic E-state index is 14.4. The Morgan fingerprint density at radius 3 is 1.69 bits per heavy atom. The minimum atomic E-state index is -0.523. The number of allylic oxidation sites excluding steroid dienone is 2. The van der Waals surface area contributed by atoms with Gasteiger partial charge in [-0.25, -0.2) is 9.80 Å². The van der Waals surface area contributed by atoms with Crippen LogP contribution in [0.3, 0.4) is 0 Å². The highest BCUT2D eigenvalue weighted by atomic mass is 16.2. The molecule has 0 atom stereocenters. The number of benzene rings is 4. The van der Waals surface area contributed by atoms with Crippen molar-refractivity contribution in [2.45, 2.75) is 52.4 Å². The molecule has 252 valence electrons. The second kappa shape index (κ2) is 11.2. The van der Waals surface area contributed by atoms with Crippen LogP contribution in [0.4, 0.5) is 11.4 Å². The molecule has 0 saturated heterocycles.